The SMILES string of the molecule is C[Si](C)(C)c1cc(-c2ccccc2)ccc1OS(=O)(=O)C(F)(F)F. The molecule has 0 aliphatic heterocycles. The zero-order chi connectivity index (χ0) is 18.2. The van der Waals surface area contributed by atoms with Crippen LogP contribution in [0.15, 0.2) is 48.5 Å². The van der Waals surface area contributed by atoms with E-state index in [-0.39, 0.29) is 5.75 Å². The van der Waals surface area contributed by atoms with Crippen molar-refractivity contribution in [2.45, 2.75) is 25.1 Å². The van der Waals surface area contributed by atoms with E-state index in [1.165, 1.54) is 6.07 Å². The summed E-state index contributed by atoms with van der Waals surface area (Å²) in [6.45, 7) is 5.72. The standard InChI is InChI=1S/C16H17F3O3SSi/c1-24(2,3)15-11-13(12-7-5-4-6-8-12)9-10-14(15)22-23(20,21)16(17,18)19/h4-11H,1-3H3. The van der Waals surface area contributed by atoms with Gasteiger partial charge in [-0.25, -0.2) is 0 Å². The molecule has 0 spiro atoms. The van der Waals surface area contributed by atoms with E-state index in [2.05, 4.69) is 4.18 Å². The van der Waals surface area contributed by atoms with Gasteiger partial charge < -0.3 is 4.18 Å². The van der Waals surface area contributed by atoms with Crippen molar-refractivity contribution >= 4 is 23.4 Å². The Kier molecular flexibility index (Phi) is 4.83. The van der Waals surface area contributed by atoms with Crippen LogP contribution in [-0.2, 0) is 10.1 Å². The molecule has 0 fully saturated rings. The van der Waals surface area contributed by atoms with E-state index in [4.69, 9.17) is 0 Å². The zero-order valence-corrected chi connectivity index (χ0v) is 15.2. The van der Waals surface area contributed by atoms with Crippen LogP contribution in [-0.4, -0.2) is 22.0 Å². The fourth-order valence-corrected chi connectivity index (χ4v) is 4.18. The lowest BCUT2D eigenvalue weighted by Gasteiger charge is -2.22. The van der Waals surface area contributed by atoms with E-state index < -0.39 is 23.7 Å². The van der Waals surface area contributed by atoms with E-state index in [9.17, 15) is 21.6 Å². The fraction of sp³-hybridized carbons (Fsp3) is 0.250. The maximum atomic E-state index is 12.6. The summed E-state index contributed by atoms with van der Waals surface area (Å²) in [5, 5.41) is 0.511. The van der Waals surface area contributed by atoms with Crippen molar-refractivity contribution < 1.29 is 25.8 Å². The van der Waals surface area contributed by atoms with E-state index in [0.717, 1.165) is 11.1 Å². The summed E-state index contributed by atoms with van der Waals surface area (Å²) in [6.07, 6.45) is 0. The molecule has 0 aliphatic carbocycles. The summed E-state index contributed by atoms with van der Waals surface area (Å²) in [4.78, 5) is 0. The van der Waals surface area contributed by atoms with Gasteiger partial charge in [0.1, 0.15) is 5.75 Å². The fourth-order valence-electron chi connectivity index (χ4n) is 2.16. The van der Waals surface area contributed by atoms with Crippen LogP contribution in [0.4, 0.5) is 13.2 Å². The minimum atomic E-state index is -5.69. The Balaban J connectivity index is 2.54. The van der Waals surface area contributed by atoms with Gasteiger partial charge >= 0.3 is 15.6 Å². The molecule has 0 bridgehead atoms. The molecule has 0 unspecified atom stereocenters. The van der Waals surface area contributed by atoms with Gasteiger partial charge in [-0.05, 0) is 22.4 Å². The molecule has 2 rings (SSSR count). The van der Waals surface area contributed by atoms with Gasteiger partial charge in [-0.1, -0.05) is 62.1 Å². The highest BCUT2D eigenvalue weighted by Gasteiger charge is 2.49. The molecule has 130 valence electrons. The molecular weight excluding hydrogens is 357 g/mol. The molecular formula is C16H17F3O3SSi. The normalized spacial score (nSPS) is 12.9. The van der Waals surface area contributed by atoms with E-state index in [0.29, 0.717) is 5.19 Å². The second-order valence-electron chi connectivity index (χ2n) is 6.31. The molecule has 0 aromatic heterocycles. The number of hydrogen-bond donors (Lipinski definition) is 0. The van der Waals surface area contributed by atoms with Crippen LogP contribution in [0.25, 0.3) is 11.1 Å². The highest BCUT2D eigenvalue weighted by Crippen LogP contribution is 2.29. The van der Waals surface area contributed by atoms with Gasteiger partial charge in [-0.2, -0.15) is 21.6 Å². The summed E-state index contributed by atoms with van der Waals surface area (Å²) >= 11 is 0. The number of halogens is 3. The maximum Gasteiger partial charge on any atom is 0.534 e. The third kappa shape index (κ3) is 3.99. The lowest BCUT2D eigenvalue weighted by Crippen LogP contribution is -2.40. The van der Waals surface area contributed by atoms with Crippen molar-refractivity contribution in [2.75, 3.05) is 0 Å². The molecule has 0 aliphatic rings. The molecule has 0 saturated heterocycles. The highest BCUT2D eigenvalue weighted by molar-refractivity contribution is 7.88. The molecule has 0 N–H and O–H groups in total. The average Bonchev–Trinajstić information content (AvgIpc) is 2.46. The van der Waals surface area contributed by atoms with Crippen molar-refractivity contribution in [3.63, 3.8) is 0 Å². The van der Waals surface area contributed by atoms with Crippen LogP contribution >= 0.6 is 0 Å². The van der Waals surface area contributed by atoms with Gasteiger partial charge in [-0.15, -0.1) is 0 Å². The first-order valence-electron chi connectivity index (χ1n) is 7.12. The largest absolute Gasteiger partial charge is 0.534 e. The Morgan fingerprint density at radius 1 is 0.917 bits per heavy atom. The van der Waals surface area contributed by atoms with Gasteiger partial charge in [0, 0.05) is 0 Å². The molecule has 24 heavy (non-hydrogen) atoms. The summed E-state index contributed by atoms with van der Waals surface area (Å²) < 4.78 is 64.8. The van der Waals surface area contributed by atoms with Crippen LogP contribution in [0.3, 0.4) is 0 Å². The Bertz CT molecular complexity index is 826. The van der Waals surface area contributed by atoms with Gasteiger partial charge in [0.05, 0.1) is 8.07 Å². The molecule has 0 amide bonds. The first-order chi connectivity index (χ1) is 10.9. The van der Waals surface area contributed by atoms with E-state index in [1.807, 2.05) is 50.0 Å². The lowest BCUT2D eigenvalue weighted by molar-refractivity contribution is -0.0499. The van der Waals surface area contributed by atoms with Crippen molar-refractivity contribution in [3.05, 3.63) is 48.5 Å². The predicted octanol–water partition coefficient (Wildman–Crippen LogP) is 4.13. The van der Waals surface area contributed by atoms with E-state index in [1.54, 1.807) is 12.1 Å². The Morgan fingerprint density at radius 2 is 1.50 bits per heavy atom. The van der Waals surface area contributed by atoms with Gasteiger partial charge in [0.2, 0.25) is 0 Å². The molecule has 2 aromatic carbocycles. The third-order valence-electron chi connectivity index (χ3n) is 3.38. The Hall–Kier alpha value is -1.80. The molecule has 0 heterocycles. The van der Waals surface area contributed by atoms with Crippen molar-refractivity contribution in [3.8, 4) is 16.9 Å². The second kappa shape index (κ2) is 6.25. The van der Waals surface area contributed by atoms with Crippen molar-refractivity contribution in [1.29, 1.82) is 0 Å². The van der Waals surface area contributed by atoms with Gasteiger partial charge in [-0.3, -0.25) is 0 Å². The zero-order valence-electron chi connectivity index (χ0n) is 13.4. The number of alkyl halides is 3. The molecule has 0 radical (unpaired) electrons. The smallest absolute Gasteiger partial charge is 0.376 e. The van der Waals surface area contributed by atoms with Crippen molar-refractivity contribution in [2.24, 2.45) is 0 Å². The van der Waals surface area contributed by atoms with Crippen LogP contribution in [0, 0.1) is 0 Å². The summed E-state index contributed by atoms with van der Waals surface area (Å²) in [6, 6.07) is 13.9. The average molecular weight is 374 g/mol. The Morgan fingerprint density at radius 3 is 2.00 bits per heavy atom. The van der Waals surface area contributed by atoms with Crippen LogP contribution < -0.4 is 9.37 Å². The molecule has 0 atom stereocenters. The second-order valence-corrected chi connectivity index (χ2v) is 12.9. The van der Waals surface area contributed by atoms with Crippen LogP contribution in [0.2, 0.25) is 19.6 Å². The van der Waals surface area contributed by atoms with E-state index >= 15 is 0 Å². The third-order valence-corrected chi connectivity index (χ3v) is 6.35. The first kappa shape index (κ1) is 18.5. The monoisotopic (exact) mass is 374 g/mol. The minimum Gasteiger partial charge on any atom is -0.376 e. The van der Waals surface area contributed by atoms with Crippen LogP contribution in [0.1, 0.15) is 0 Å². The molecule has 2 aromatic rings. The number of hydrogen-bond acceptors (Lipinski definition) is 3. The summed E-state index contributed by atoms with van der Waals surface area (Å²) in [5.41, 5.74) is -3.77. The molecule has 8 heteroatoms. The quantitative estimate of drug-likeness (QED) is 0.459. The number of rotatable bonds is 4. The van der Waals surface area contributed by atoms with Crippen molar-refractivity contribution in [1.82, 2.24) is 0 Å². The molecule has 3 nitrogen and oxygen atoms in total. The lowest BCUT2D eigenvalue weighted by atomic mass is 10.1. The summed E-state index contributed by atoms with van der Waals surface area (Å²) in [7, 11) is -7.85. The minimum absolute atomic E-state index is 0.258. The van der Waals surface area contributed by atoms with Gasteiger partial charge in [0.15, 0.2) is 0 Å². The first-order valence-corrected chi connectivity index (χ1v) is 12.0. The van der Waals surface area contributed by atoms with Gasteiger partial charge in [0.25, 0.3) is 0 Å². The highest BCUT2D eigenvalue weighted by atomic mass is 32.2. The number of benzene rings is 2. The molecule has 0 saturated carbocycles. The van der Waals surface area contributed by atoms with Crippen LogP contribution in [0.5, 0.6) is 5.75 Å². The predicted molar refractivity (Wildman–Crippen MR) is 90.5 cm³/mol. The summed E-state index contributed by atoms with van der Waals surface area (Å²) in [5.74, 6) is -0.258. The maximum absolute atomic E-state index is 12.6. The Labute approximate surface area is 140 Å². The topological polar surface area (TPSA) is 43.4 Å².